The van der Waals surface area contributed by atoms with Crippen LogP contribution in [0.3, 0.4) is 0 Å². The molecule has 1 aromatic carbocycles. The molecule has 9 nitrogen and oxygen atoms in total. The van der Waals surface area contributed by atoms with Gasteiger partial charge in [0.1, 0.15) is 17.4 Å². The standard InChI is InChI=1S/C30H39N6O3/c1-5-7-24-27(18-30(3,4)39-35-29(37)20-8-14-23(15-9-20)38-6-2)36-26(16-17-33-36)25(19-31)28(24)34-22-12-10-21(32)11-13-22/h8-9,14-17,21-22,34H,5-7,10-13,18,32H2,1-4H3. The van der Waals surface area contributed by atoms with Crippen LogP contribution in [-0.2, 0) is 17.7 Å². The number of hydrogen-bond acceptors (Lipinski definition) is 7. The number of rotatable bonds is 11. The minimum atomic E-state index is -0.814. The molecule has 39 heavy (non-hydrogen) atoms. The zero-order valence-electron chi connectivity index (χ0n) is 23.4. The van der Waals surface area contributed by atoms with Crippen LogP contribution in [0, 0.1) is 11.3 Å². The van der Waals surface area contributed by atoms with Crippen molar-refractivity contribution in [2.45, 2.75) is 90.3 Å². The molecule has 0 bridgehead atoms. The van der Waals surface area contributed by atoms with Gasteiger partial charge >= 0.3 is 0 Å². The highest BCUT2D eigenvalue weighted by Gasteiger charge is 2.30. The van der Waals surface area contributed by atoms with Gasteiger partial charge in [-0.05, 0) is 88.8 Å². The fourth-order valence-electron chi connectivity index (χ4n) is 5.21. The molecular formula is C30H39N6O3. The summed E-state index contributed by atoms with van der Waals surface area (Å²) in [7, 11) is 0. The number of aromatic nitrogens is 2. The van der Waals surface area contributed by atoms with Crippen LogP contribution in [0.25, 0.3) is 5.52 Å². The first-order valence-corrected chi connectivity index (χ1v) is 13.9. The first-order chi connectivity index (χ1) is 18.8. The molecule has 2 aromatic heterocycles. The van der Waals surface area contributed by atoms with Crippen molar-refractivity contribution in [1.29, 1.82) is 5.26 Å². The van der Waals surface area contributed by atoms with Gasteiger partial charge in [-0.15, -0.1) is 0 Å². The maximum atomic E-state index is 12.7. The number of carbonyl (C=O) groups excluding carboxylic acids is 1. The maximum Gasteiger partial charge on any atom is 0.299 e. The average Bonchev–Trinajstić information content (AvgIpc) is 3.41. The number of carbonyl (C=O) groups is 1. The number of nitrogens with zero attached hydrogens (tertiary/aromatic N) is 4. The molecule has 2 heterocycles. The Morgan fingerprint density at radius 2 is 1.92 bits per heavy atom. The van der Waals surface area contributed by atoms with E-state index in [9.17, 15) is 10.1 Å². The lowest BCUT2D eigenvalue weighted by molar-refractivity contribution is -0.0757. The molecule has 1 aliphatic rings. The van der Waals surface area contributed by atoms with Gasteiger partial charge in [-0.1, -0.05) is 18.8 Å². The molecule has 3 N–H and O–H groups in total. The number of pyridine rings is 1. The zero-order chi connectivity index (χ0) is 28.0. The minimum Gasteiger partial charge on any atom is -0.494 e. The first-order valence-electron chi connectivity index (χ1n) is 13.9. The predicted molar refractivity (Wildman–Crippen MR) is 151 cm³/mol. The Balaban J connectivity index is 1.60. The number of benzene rings is 1. The van der Waals surface area contributed by atoms with Crippen LogP contribution >= 0.6 is 0 Å². The molecule has 0 unspecified atom stereocenters. The van der Waals surface area contributed by atoms with E-state index < -0.39 is 11.5 Å². The summed E-state index contributed by atoms with van der Waals surface area (Å²) in [5.41, 5.74) is 13.9. The maximum absolute atomic E-state index is 12.7. The average molecular weight is 532 g/mol. The summed E-state index contributed by atoms with van der Waals surface area (Å²) in [6, 6.07) is 11.6. The SMILES string of the molecule is CCCc1c(NC2CCC(N)CC2)c(C#N)c2ccnn2c1CC(C)(C)O[N]C(=O)c1ccc(OCC)cc1. The van der Waals surface area contributed by atoms with Gasteiger partial charge in [0, 0.05) is 24.1 Å². The molecule has 0 spiro atoms. The Labute approximate surface area is 230 Å². The molecule has 1 aliphatic carbocycles. The fourth-order valence-corrected chi connectivity index (χ4v) is 5.21. The highest BCUT2D eigenvalue weighted by Crippen LogP contribution is 2.34. The second kappa shape index (κ2) is 12.5. The number of anilines is 1. The Morgan fingerprint density at radius 3 is 2.56 bits per heavy atom. The molecule has 1 radical (unpaired) electrons. The number of nitriles is 1. The summed E-state index contributed by atoms with van der Waals surface area (Å²) >= 11 is 0. The Kier molecular flexibility index (Phi) is 9.10. The lowest BCUT2D eigenvalue weighted by Gasteiger charge is -2.31. The number of amides is 1. The van der Waals surface area contributed by atoms with Crippen molar-refractivity contribution >= 4 is 17.1 Å². The molecule has 0 aliphatic heterocycles. The minimum absolute atomic E-state index is 0.244. The molecule has 207 valence electrons. The highest BCUT2D eigenvalue weighted by molar-refractivity contribution is 5.93. The van der Waals surface area contributed by atoms with Crippen molar-refractivity contribution in [3.63, 3.8) is 0 Å². The molecule has 3 aromatic rings. The number of nitrogens with one attached hydrogen (secondary N) is 1. The van der Waals surface area contributed by atoms with E-state index in [1.165, 1.54) is 0 Å². The molecule has 0 atom stereocenters. The molecule has 1 amide bonds. The van der Waals surface area contributed by atoms with Gasteiger partial charge < -0.3 is 15.8 Å². The van der Waals surface area contributed by atoms with E-state index in [-0.39, 0.29) is 12.1 Å². The third-order valence-electron chi connectivity index (χ3n) is 7.17. The smallest absolute Gasteiger partial charge is 0.299 e. The molecular weight excluding hydrogens is 492 g/mol. The van der Waals surface area contributed by atoms with Crippen molar-refractivity contribution in [3.05, 3.63) is 58.9 Å². The van der Waals surface area contributed by atoms with Gasteiger partial charge in [0.05, 0.1) is 35.3 Å². The van der Waals surface area contributed by atoms with E-state index in [2.05, 4.69) is 28.9 Å². The molecule has 1 saturated carbocycles. The van der Waals surface area contributed by atoms with E-state index in [4.69, 9.17) is 15.3 Å². The van der Waals surface area contributed by atoms with E-state index >= 15 is 0 Å². The monoisotopic (exact) mass is 531 g/mol. The summed E-state index contributed by atoms with van der Waals surface area (Å²) in [6.07, 6.45) is 7.70. The van der Waals surface area contributed by atoms with Gasteiger partial charge in [-0.25, -0.2) is 9.35 Å². The van der Waals surface area contributed by atoms with Crippen molar-refractivity contribution in [2.75, 3.05) is 11.9 Å². The van der Waals surface area contributed by atoms with E-state index in [0.717, 1.165) is 61.0 Å². The summed E-state index contributed by atoms with van der Waals surface area (Å²) in [5, 5.41) is 18.5. The Morgan fingerprint density at radius 1 is 1.21 bits per heavy atom. The third kappa shape index (κ3) is 6.70. The van der Waals surface area contributed by atoms with Gasteiger partial charge in [-0.2, -0.15) is 10.4 Å². The molecule has 9 heteroatoms. The normalized spacial score (nSPS) is 17.5. The number of nitrogens with two attached hydrogens (primary N) is 1. The quantitative estimate of drug-likeness (QED) is 0.335. The Bertz CT molecular complexity index is 1320. The van der Waals surface area contributed by atoms with Crippen molar-refractivity contribution in [3.8, 4) is 11.8 Å². The van der Waals surface area contributed by atoms with Crippen LogP contribution in [0.2, 0.25) is 0 Å². The number of fused-ring (bicyclic) bond motifs is 1. The number of ether oxygens (including phenoxy) is 1. The summed E-state index contributed by atoms with van der Waals surface area (Å²) < 4.78 is 7.29. The van der Waals surface area contributed by atoms with Crippen LogP contribution < -0.4 is 21.3 Å². The van der Waals surface area contributed by atoms with Crippen LogP contribution in [0.5, 0.6) is 5.75 Å². The molecule has 1 fully saturated rings. The first kappa shape index (κ1) is 28.4. The summed E-state index contributed by atoms with van der Waals surface area (Å²) in [5.74, 6) is 0.241. The highest BCUT2D eigenvalue weighted by atomic mass is 16.7. The van der Waals surface area contributed by atoms with Crippen LogP contribution in [0.1, 0.15) is 87.0 Å². The predicted octanol–water partition coefficient (Wildman–Crippen LogP) is 4.94. The summed E-state index contributed by atoms with van der Waals surface area (Å²) in [6.45, 7) is 8.40. The molecule has 4 rings (SSSR count). The lowest BCUT2D eigenvalue weighted by Crippen LogP contribution is -2.35. The van der Waals surface area contributed by atoms with Crippen molar-refractivity contribution < 1.29 is 14.4 Å². The fraction of sp³-hybridized carbons (Fsp3) is 0.500. The van der Waals surface area contributed by atoms with E-state index in [0.29, 0.717) is 29.9 Å². The zero-order valence-corrected chi connectivity index (χ0v) is 23.4. The van der Waals surface area contributed by atoms with Crippen LogP contribution in [0.15, 0.2) is 36.5 Å². The van der Waals surface area contributed by atoms with E-state index in [1.807, 2.05) is 31.4 Å². The van der Waals surface area contributed by atoms with Crippen molar-refractivity contribution in [2.24, 2.45) is 5.73 Å². The second-order valence-electron chi connectivity index (χ2n) is 10.8. The van der Waals surface area contributed by atoms with Gasteiger partial charge in [0.25, 0.3) is 5.91 Å². The van der Waals surface area contributed by atoms with Gasteiger partial charge in [0.2, 0.25) is 0 Å². The number of hydroxylamine groups is 1. The van der Waals surface area contributed by atoms with Gasteiger partial charge in [-0.3, -0.25) is 4.79 Å². The van der Waals surface area contributed by atoms with Crippen LogP contribution in [-0.4, -0.2) is 39.8 Å². The van der Waals surface area contributed by atoms with E-state index in [1.54, 1.807) is 30.5 Å². The van der Waals surface area contributed by atoms with Crippen molar-refractivity contribution in [1.82, 2.24) is 15.1 Å². The molecule has 0 saturated heterocycles. The van der Waals surface area contributed by atoms with Crippen LogP contribution in [0.4, 0.5) is 5.69 Å². The summed E-state index contributed by atoms with van der Waals surface area (Å²) in [4.78, 5) is 18.6. The second-order valence-corrected chi connectivity index (χ2v) is 10.8. The number of hydrogen-bond donors (Lipinski definition) is 2. The largest absolute Gasteiger partial charge is 0.494 e. The third-order valence-corrected chi connectivity index (χ3v) is 7.17. The topological polar surface area (TPSA) is 129 Å². The Hall–Kier alpha value is -3.61. The lowest BCUT2D eigenvalue weighted by atomic mass is 9.90. The van der Waals surface area contributed by atoms with Gasteiger partial charge in [0.15, 0.2) is 0 Å².